The molecule has 0 radical (unpaired) electrons. The third-order valence-electron chi connectivity index (χ3n) is 1.85. The molecule has 0 saturated heterocycles. The molecule has 0 atom stereocenters. The Kier molecular flexibility index (Phi) is 4.02. The molecule has 92 valence electrons. The molecule has 0 saturated carbocycles. The SMILES string of the molecule is O=C(O)c1ccc(C(=O)O)c(OCC(O)O)c1. The summed E-state index contributed by atoms with van der Waals surface area (Å²) in [5.41, 5.74) is -0.409. The van der Waals surface area contributed by atoms with Crippen molar-refractivity contribution in [3.63, 3.8) is 0 Å². The van der Waals surface area contributed by atoms with E-state index in [-0.39, 0.29) is 16.9 Å². The lowest BCUT2D eigenvalue weighted by Crippen LogP contribution is -2.17. The molecule has 0 aliphatic carbocycles. The number of carboxylic acid groups (broad SMARTS) is 2. The minimum atomic E-state index is -1.77. The number of rotatable bonds is 5. The molecule has 0 aromatic heterocycles. The molecule has 0 bridgehead atoms. The highest BCUT2D eigenvalue weighted by Crippen LogP contribution is 2.21. The lowest BCUT2D eigenvalue weighted by molar-refractivity contribution is -0.0682. The molecule has 17 heavy (non-hydrogen) atoms. The van der Waals surface area contributed by atoms with Gasteiger partial charge in [-0.2, -0.15) is 0 Å². The molecule has 7 heteroatoms. The first-order chi connectivity index (χ1) is 7.91. The van der Waals surface area contributed by atoms with E-state index in [1.807, 2.05) is 0 Å². The zero-order chi connectivity index (χ0) is 13.0. The fourth-order valence-corrected chi connectivity index (χ4v) is 1.12. The predicted octanol–water partition coefficient (Wildman–Crippen LogP) is -0.227. The Morgan fingerprint density at radius 2 is 1.82 bits per heavy atom. The number of carbonyl (C=O) groups is 2. The van der Waals surface area contributed by atoms with Crippen LogP contribution in [0.1, 0.15) is 20.7 Å². The summed E-state index contributed by atoms with van der Waals surface area (Å²) in [6, 6.07) is 3.20. The van der Waals surface area contributed by atoms with Crippen molar-refractivity contribution in [1.82, 2.24) is 0 Å². The first-order valence-electron chi connectivity index (χ1n) is 4.51. The average molecular weight is 242 g/mol. The summed E-state index contributed by atoms with van der Waals surface area (Å²) >= 11 is 0. The number of benzene rings is 1. The van der Waals surface area contributed by atoms with Gasteiger partial charge in [-0.1, -0.05) is 0 Å². The van der Waals surface area contributed by atoms with Crippen molar-refractivity contribution in [2.45, 2.75) is 6.29 Å². The van der Waals surface area contributed by atoms with Crippen LogP contribution in [0.5, 0.6) is 5.75 Å². The maximum Gasteiger partial charge on any atom is 0.339 e. The van der Waals surface area contributed by atoms with Gasteiger partial charge in [-0.05, 0) is 18.2 Å². The number of hydrogen-bond acceptors (Lipinski definition) is 5. The van der Waals surface area contributed by atoms with Crippen molar-refractivity contribution in [2.75, 3.05) is 6.61 Å². The van der Waals surface area contributed by atoms with Crippen molar-refractivity contribution >= 4 is 11.9 Å². The third-order valence-corrected chi connectivity index (χ3v) is 1.85. The number of hydrogen-bond donors (Lipinski definition) is 4. The Hall–Kier alpha value is -2.12. The Bertz CT molecular complexity index is 438. The van der Waals surface area contributed by atoms with E-state index >= 15 is 0 Å². The van der Waals surface area contributed by atoms with Crippen molar-refractivity contribution in [3.8, 4) is 5.75 Å². The molecule has 1 rings (SSSR count). The van der Waals surface area contributed by atoms with E-state index in [2.05, 4.69) is 0 Å². The van der Waals surface area contributed by atoms with Gasteiger partial charge >= 0.3 is 11.9 Å². The molecule has 0 unspecified atom stereocenters. The van der Waals surface area contributed by atoms with E-state index in [4.69, 9.17) is 25.2 Å². The van der Waals surface area contributed by atoms with Gasteiger partial charge in [0.1, 0.15) is 17.9 Å². The summed E-state index contributed by atoms with van der Waals surface area (Å²) in [4.78, 5) is 21.5. The summed E-state index contributed by atoms with van der Waals surface area (Å²) in [6.45, 7) is -0.552. The Morgan fingerprint density at radius 1 is 1.18 bits per heavy atom. The van der Waals surface area contributed by atoms with Crippen molar-refractivity contribution < 1.29 is 34.8 Å². The van der Waals surface area contributed by atoms with Gasteiger partial charge < -0.3 is 25.2 Å². The van der Waals surface area contributed by atoms with Crippen LogP contribution in [-0.2, 0) is 0 Å². The lowest BCUT2D eigenvalue weighted by atomic mass is 10.1. The molecule has 7 nitrogen and oxygen atoms in total. The van der Waals surface area contributed by atoms with Gasteiger partial charge in [-0.25, -0.2) is 9.59 Å². The number of carboxylic acids is 2. The lowest BCUT2D eigenvalue weighted by Gasteiger charge is -2.10. The van der Waals surface area contributed by atoms with E-state index in [9.17, 15) is 9.59 Å². The minimum absolute atomic E-state index is 0.155. The van der Waals surface area contributed by atoms with Crippen molar-refractivity contribution in [3.05, 3.63) is 29.3 Å². The number of aliphatic hydroxyl groups excluding tert-OH is 1. The molecule has 0 heterocycles. The first kappa shape index (κ1) is 12.9. The number of aliphatic hydroxyl groups is 2. The zero-order valence-corrected chi connectivity index (χ0v) is 8.53. The van der Waals surface area contributed by atoms with Crippen LogP contribution in [0.15, 0.2) is 18.2 Å². The summed E-state index contributed by atoms with van der Waals surface area (Å²) in [5.74, 6) is -2.77. The highest BCUT2D eigenvalue weighted by Gasteiger charge is 2.15. The Balaban J connectivity index is 3.07. The maximum atomic E-state index is 10.8. The fraction of sp³-hybridized carbons (Fsp3) is 0.200. The molecule has 0 fully saturated rings. The van der Waals surface area contributed by atoms with Crippen LogP contribution >= 0.6 is 0 Å². The van der Waals surface area contributed by atoms with Gasteiger partial charge in [-0.15, -0.1) is 0 Å². The zero-order valence-electron chi connectivity index (χ0n) is 8.53. The quantitative estimate of drug-likeness (QED) is 0.526. The van der Waals surface area contributed by atoms with E-state index in [0.717, 1.165) is 18.2 Å². The molecule has 1 aromatic carbocycles. The average Bonchev–Trinajstić information content (AvgIpc) is 2.25. The molecule has 4 N–H and O–H groups in total. The van der Waals surface area contributed by atoms with Gasteiger partial charge in [0.2, 0.25) is 0 Å². The van der Waals surface area contributed by atoms with Crippen LogP contribution in [0.4, 0.5) is 0 Å². The maximum absolute atomic E-state index is 10.8. The summed E-state index contributed by atoms with van der Waals surface area (Å²) in [6.07, 6.45) is -1.77. The van der Waals surface area contributed by atoms with E-state index in [1.54, 1.807) is 0 Å². The molecular weight excluding hydrogens is 232 g/mol. The second kappa shape index (κ2) is 5.28. The van der Waals surface area contributed by atoms with Gasteiger partial charge in [-0.3, -0.25) is 0 Å². The van der Waals surface area contributed by atoms with Crippen LogP contribution in [-0.4, -0.2) is 45.3 Å². The highest BCUT2D eigenvalue weighted by atomic mass is 16.5. The van der Waals surface area contributed by atoms with Crippen LogP contribution in [0, 0.1) is 0 Å². The predicted molar refractivity (Wildman–Crippen MR) is 54.1 cm³/mol. The van der Waals surface area contributed by atoms with Gasteiger partial charge in [0.25, 0.3) is 0 Å². The summed E-state index contributed by atoms with van der Waals surface area (Å²) in [5, 5.41) is 34.7. The van der Waals surface area contributed by atoms with E-state index in [0.29, 0.717) is 0 Å². The molecule has 0 amide bonds. The number of ether oxygens (including phenoxy) is 1. The standard InChI is InChI=1S/C10H10O7/c11-8(12)4-17-7-3-5(9(13)14)1-2-6(7)10(15)16/h1-3,8,11-12H,4H2,(H,13,14)(H,15,16). The monoisotopic (exact) mass is 242 g/mol. The smallest absolute Gasteiger partial charge is 0.339 e. The van der Waals surface area contributed by atoms with Gasteiger partial charge in [0.05, 0.1) is 5.56 Å². The fourth-order valence-electron chi connectivity index (χ4n) is 1.12. The van der Waals surface area contributed by atoms with Crippen LogP contribution in [0.25, 0.3) is 0 Å². The van der Waals surface area contributed by atoms with Crippen molar-refractivity contribution in [2.24, 2.45) is 0 Å². The highest BCUT2D eigenvalue weighted by molar-refractivity contribution is 5.94. The molecular formula is C10H10O7. The summed E-state index contributed by atoms with van der Waals surface area (Å²) in [7, 11) is 0. The second-order valence-corrected chi connectivity index (χ2v) is 3.11. The van der Waals surface area contributed by atoms with Gasteiger partial charge in [0.15, 0.2) is 6.29 Å². The van der Waals surface area contributed by atoms with E-state index in [1.165, 1.54) is 0 Å². The van der Waals surface area contributed by atoms with Crippen LogP contribution in [0.2, 0.25) is 0 Å². The molecule has 0 spiro atoms. The molecule has 0 aliphatic rings. The first-order valence-corrected chi connectivity index (χ1v) is 4.51. The Morgan fingerprint density at radius 3 is 2.29 bits per heavy atom. The Labute approximate surface area is 95.5 Å². The second-order valence-electron chi connectivity index (χ2n) is 3.11. The van der Waals surface area contributed by atoms with Gasteiger partial charge in [0, 0.05) is 0 Å². The molecule has 0 aliphatic heterocycles. The summed E-state index contributed by atoms with van der Waals surface area (Å²) < 4.78 is 4.81. The normalized spacial score (nSPS) is 10.3. The number of aromatic carboxylic acids is 2. The van der Waals surface area contributed by atoms with E-state index < -0.39 is 24.8 Å². The minimum Gasteiger partial charge on any atom is -0.487 e. The third kappa shape index (κ3) is 3.44. The van der Waals surface area contributed by atoms with Crippen LogP contribution in [0.3, 0.4) is 0 Å². The molecule has 1 aromatic rings. The largest absolute Gasteiger partial charge is 0.487 e. The van der Waals surface area contributed by atoms with Crippen LogP contribution < -0.4 is 4.74 Å². The van der Waals surface area contributed by atoms with Crippen molar-refractivity contribution in [1.29, 1.82) is 0 Å². The topological polar surface area (TPSA) is 124 Å².